The van der Waals surface area contributed by atoms with Crippen molar-refractivity contribution >= 4 is 5.82 Å². The molecule has 0 spiro atoms. The topological polar surface area (TPSA) is 108 Å². The number of nitrogens with zero attached hydrogens (tertiary/aromatic N) is 7. The Morgan fingerprint density at radius 3 is 2.57 bits per heavy atom. The minimum absolute atomic E-state index is 0.128. The van der Waals surface area contributed by atoms with Crippen molar-refractivity contribution in [3.63, 3.8) is 0 Å². The molecule has 1 saturated heterocycles. The number of pyridine rings is 2. The third-order valence-corrected chi connectivity index (χ3v) is 6.01. The zero-order chi connectivity index (χ0) is 24.2. The first kappa shape index (κ1) is 22.8. The predicted octanol–water partition coefficient (Wildman–Crippen LogP) is 3.51. The molecule has 4 heterocycles. The van der Waals surface area contributed by atoms with E-state index in [-0.39, 0.29) is 29.7 Å². The number of anilines is 1. The lowest BCUT2D eigenvalue weighted by Crippen LogP contribution is -2.33. The molecule has 1 aliphatic rings. The van der Waals surface area contributed by atoms with Gasteiger partial charge in [0, 0.05) is 30.7 Å². The molecule has 9 nitrogen and oxygen atoms in total. The summed E-state index contributed by atoms with van der Waals surface area (Å²) in [5.41, 5.74) is 7.91. The van der Waals surface area contributed by atoms with Gasteiger partial charge in [0.25, 0.3) is 0 Å². The molecule has 3 aromatic heterocycles. The van der Waals surface area contributed by atoms with Gasteiger partial charge in [-0.2, -0.15) is 9.07 Å². The average molecular weight is 479 g/mol. The maximum Gasteiger partial charge on any atom is 0.202 e. The number of hydrogen-bond acceptors (Lipinski definition) is 8. The normalized spacial score (nSPS) is 14.2. The standard InChI is InChI=1S/C24H24F2N8O/c25-21-19(4-5-20(22(21)26)35-13-12-33-10-2-1-3-11-33)34-24(30-31-32-34)18-14-17(15-29-23(18)27)16-6-8-28-9-7-16/h4-9,14-15H,1-3,10-13H2,(H2,27,29). The van der Waals surface area contributed by atoms with Gasteiger partial charge in [0.15, 0.2) is 17.4 Å². The van der Waals surface area contributed by atoms with Crippen LogP contribution >= 0.6 is 0 Å². The number of nitrogens with two attached hydrogens (primary N) is 1. The van der Waals surface area contributed by atoms with Crippen molar-refractivity contribution in [2.45, 2.75) is 19.3 Å². The number of aromatic nitrogens is 6. The number of halogens is 2. The summed E-state index contributed by atoms with van der Waals surface area (Å²) in [4.78, 5) is 10.5. The van der Waals surface area contributed by atoms with Crippen LogP contribution in [-0.4, -0.2) is 61.3 Å². The number of hydrogen-bond donors (Lipinski definition) is 1. The number of likely N-dealkylation sites (tertiary alicyclic amines) is 1. The van der Waals surface area contributed by atoms with E-state index in [4.69, 9.17) is 10.5 Å². The highest BCUT2D eigenvalue weighted by molar-refractivity contribution is 5.76. The maximum atomic E-state index is 15.1. The Balaban J connectivity index is 1.41. The molecular formula is C24H24F2N8O. The number of ether oxygens (including phenoxy) is 1. The first-order chi connectivity index (χ1) is 17.1. The Bertz CT molecular complexity index is 1310. The van der Waals surface area contributed by atoms with Crippen molar-refractivity contribution < 1.29 is 13.5 Å². The highest BCUT2D eigenvalue weighted by atomic mass is 19.2. The van der Waals surface area contributed by atoms with Gasteiger partial charge in [-0.05, 0) is 72.3 Å². The third-order valence-electron chi connectivity index (χ3n) is 6.01. The van der Waals surface area contributed by atoms with E-state index < -0.39 is 11.6 Å². The summed E-state index contributed by atoms with van der Waals surface area (Å²) in [6.07, 6.45) is 8.45. The van der Waals surface area contributed by atoms with Gasteiger partial charge in [-0.15, -0.1) is 5.10 Å². The molecule has 35 heavy (non-hydrogen) atoms. The summed E-state index contributed by atoms with van der Waals surface area (Å²) in [5, 5.41) is 11.5. The Morgan fingerprint density at radius 2 is 1.77 bits per heavy atom. The lowest BCUT2D eigenvalue weighted by molar-refractivity contribution is 0.179. The molecule has 0 unspecified atom stereocenters. The van der Waals surface area contributed by atoms with Gasteiger partial charge in [0.1, 0.15) is 18.1 Å². The quantitative estimate of drug-likeness (QED) is 0.430. The van der Waals surface area contributed by atoms with Crippen LogP contribution in [-0.2, 0) is 0 Å². The summed E-state index contributed by atoms with van der Waals surface area (Å²) in [7, 11) is 0. The first-order valence-electron chi connectivity index (χ1n) is 11.4. The number of piperidine rings is 1. The number of benzene rings is 1. The van der Waals surface area contributed by atoms with E-state index in [1.807, 2.05) is 12.1 Å². The number of tetrazole rings is 1. The minimum atomic E-state index is -1.12. The van der Waals surface area contributed by atoms with Crippen LogP contribution in [0.4, 0.5) is 14.6 Å². The lowest BCUT2D eigenvalue weighted by Gasteiger charge is -2.26. The molecule has 0 radical (unpaired) electrons. The molecule has 11 heteroatoms. The molecule has 2 N–H and O–H groups in total. The van der Waals surface area contributed by atoms with Crippen LogP contribution in [0.5, 0.6) is 5.75 Å². The van der Waals surface area contributed by atoms with Crippen LogP contribution < -0.4 is 10.5 Å². The van der Waals surface area contributed by atoms with Crippen LogP contribution in [0.15, 0.2) is 48.9 Å². The second-order valence-electron chi connectivity index (χ2n) is 8.27. The largest absolute Gasteiger partial charge is 0.489 e. The van der Waals surface area contributed by atoms with Gasteiger partial charge < -0.3 is 10.5 Å². The van der Waals surface area contributed by atoms with Crippen LogP contribution in [0.2, 0.25) is 0 Å². The summed E-state index contributed by atoms with van der Waals surface area (Å²) in [5.74, 6) is -2.09. The van der Waals surface area contributed by atoms with Crippen molar-refractivity contribution in [3.8, 4) is 34.0 Å². The fraction of sp³-hybridized carbons (Fsp3) is 0.292. The molecule has 0 saturated carbocycles. The SMILES string of the molecule is Nc1ncc(-c2ccncc2)cc1-c1nnnn1-c1ccc(OCCN2CCCCC2)c(F)c1F. The van der Waals surface area contributed by atoms with E-state index >= 15 is 4.39 Å². The summed E-state index contributed by atoms with van der Waals surface area (Å²) in [6, 6.07) is 8.14. The molecule has 1 aromatic carbocycles. The second kappa shape index (κ2) is 10.1. The lowest BCUT2D eigenvalue weighted by atomic mass is 10.1. The van der Waals surface area contributed by atoms with Crippen molar-refractivity contribution in [1.29, 1.82) is 0 Å². The minimum Gasteiger partial charge on any atom is -0.489 e. The average Bonchev–Trinajstić information content (AvgIpc) is 3.37. The highest BCUT2D eigenvalue weighted by Crippen LogP contribution is 2.31. The van der Waals surface area contributed by atoms with Gasteiger partial charge >= 0.3 is 0 Å². The molecular weight excluding hydrogens is 454 g/mol. The fourth-order valence-electron chi connectivity index (χ4n) is 4.14. The van der Waals surface area contributed by atoms with Gasteiger partial charge in [0.2, 0.25) is 5.82 Å². The molecule has 0 bridgehead atoms. The maximum absolute atomic E-state index is 15.1. The Hall–Kier alpha value is -3.99. The Labute approximate surface area is 200 Å². The number of nitrogen functional groups attached to an aromatic ring is 1. The van der Waals surface area contributed by atoms with Crippen molar-refractivity contribution in [2.75, 3.05) is 32.0 Å². The van der Waals surface area contributed by atoms with Crippen molar-refractivity contribution in [3.05, 3.63) is 60.6 Å². The van der Waals surface area contributed by atoms with Gasteiger partial charge in [-0.25, -0.2) is 9.37 Å². The van der Waals surface area contributed by atoms with E-state index in [2.05, 4.69) is 30.4 Å². The van der Waals surface area contributed by atoms with Gasteiger partial charge in [-0.1, -0.05) is 6.42 Å². The number of rotatable bonds is 7. The van der Waals surface area contributed by atoms with E-state index in [1.54, 1.807) is 24.7 Å². The van der Waals surface area contributed by atoms with E-state index in [9.17, 15) is 4.39 Å². The fourth-order valence-corrected chi connectivity index (χ4v) is 4.14. The van der Waals surface area contributed by atoms with Crippen molar-refractivity contribution in [1.82, 2.24) is 35.1 Å². The van der Waals surface area contributed by atoms with Crippen molar-refractivity contribution in [2.24, 2.45) is 0 Å². The van der Waals surface area contributed by atoms with E-state index in [0.717, 1.165) is 41.7 Å². The zero-order valence-electron chi connectivity index (χ0n) is 18.9. The smallest absolute Gasteiger partial charge is 0.202 e. The van der Waals surface area contributed by atoms with Crippen LogP contribution in [0, 0.1) is 11.6 Å². The monoisotopic (exact) mass is 478 g/mol. The van der Waals surface area contributed by atoms with Crippen LogP contribution in [0.1, 0.15) is 19.3 Å². The molecule has 5 rings (SSSR count). The summed E-state index contributed by atoms with van der Waals surface area (Å²) < 4.78 is 36.6. The van der Waals surface area contributed by atoms with Crippen LogP contribution in [0.25, 0.3) is 28.2 Å². The Kier molecular flexibility index (Phi) is 6.57. The van der Waals surface area contributed by atoms with E-state index in [1.165, 1.54) is 18.6 Å². The molecule has 0 amide bonds. The van der Waals surface area contributed by atoms with Gasteiger partial charge in [-0.3, -0.25) is 9.88 Å². The Morgan fingerprint density at radius 1 is 0.971 bits per heavy atom. The highest BCUT2D eigenvalue weighted by Gasteiger charge is 2.22. The third kappa shape index (κ3) is 4.80. The molecule has 180 valence electrons. The predicted molar refractivity (Wildman–Crippen MR) is 126 cm³/mol. The van der Waals surface area contributed by atoms with Crippen LogP contribution in [0.3, 0.4) is 0 Å². The first-order valence-corrected chi connectivity index (χ1v) is 11.4. The molecule has 1 fully saturated rings. The molecule has 4 aromatic rings. The summed E-state index contributed by atoms with van der Waals surface area (Å²) >= 11 is 0. The molecule has 0 aliphatic carbocycles. The van der Waals surface area contributed by atoms with E-state index in [0.29, 0.717) is 12.1 Å². The zero-order valence-corrected chi connectivity index (χ0v) is 18.9. The summed E-state index contributed by atoms with van der Waals surface area (Å²) in [6.45, 7) is 2.94. The molecule has 0 atom stereocenters. The van der Waals surface area contributed by atoms with Gasteiger partial charge in [0.05, 0.1) is 5.56 Å². The second-order valence-corrected chi connectivity index (χ2v) is 8.27. The molecule has 1 aliphatic heterocycles.